The third-order valence-corrected chi connectivity index (χ3v) is 4.68. The number of phenols is 1. The Bertz CT molecular complexity index is 1120. The molecule has 0 saturated carbocycles. The van der Waals surface area contributed by atoms with E-state index in [-0.39, 0.29) is 17.3 Å². The molecule has 3 rings (SSSR count). The number of pyridine rings is 1. The number of nitriles is 1. The highest BCUT2D eigenvalue weighted by atomic mass is 16.5. The Hall–Kier alpha value is -3.79. The summed E-state index contributed by atoms with van der Waals surface area (Å²) in [4.78, 5) is 16.2. The van der Waals surface area contributed by atoms with E-state index in [2.05, 4.69) is 15.6 Å². The zero-order valence-electron chi connectivity index (χ0n) is 16.5. The van der Waals surface area contributed by atoms with Gasteiger partial charge < -0.3 is 20.5 Å². The van der Waals surface area contributed by atoms with E-state index >= 15 is 0 Å². The highest BCUT2D eigenvalue weighted by molar-refractivity contribution is 5.91. The molecule has 29 heavy (non-hydrogen) atoms. The summed E-state index contributed by atoms with van der Waals surface area (Å²) in [6.07, 6.45) is 2.45. The molecule has 0 aliphatic carbocycles. The van der Waals surface area contributed by atoms with Gasteiger partial charge in [-0.2, -0.15) is 5.26 Å². The molecule has 2 amide bonds. The molecule has 0 fully saturated rings. The predicted octanol–water partition coefficient (Wildman–Crippen LogP) is 4.75. The van der Waals surface area contributed by atoms with E-state index in [9.17, 15) is 15.2 Å². The van der Waals surface area contributed by atoms with Crippen LogP contribution in [0.1, 0.15) is 30.0 Å². The number of hydrogen-bond acceptors (Lipinski definition) is 5. The van der Waals surface area contributed by atoms with E-state index < -0.39 is 0 Å². The van der Waals surface area contributed by atoms with Gasteiger partial charge in [-0.1, -0.05) is 6.92 Å². The minimum Gasteiger partial charge on any atom is -0.506 e. The number of aromatic nitrogens is 1. The highest BCUT2D eigenvalue weighted by Crippen LogP contribution is 2.35. The smallest absolute Gasteiger partial charge is 0.319 e. The number of phenolic OH excluding ortho intramolecular Hbond substituents is 1. The van der Waals surface area contributed by atoms with Gasteiger partial charge in [-0.25, -0.2) is 4.79 Å². The van der Waals surface area contributed by atoms with Gasteiger partial charge >= 0.3 is 6.03 Å². The fourth-order valence-electron chi connectivity index (χ4n) is 2.90. The first-order chi connectivity index (χ1) is 13.9. The number of ether oxygens (including phenoxy) is 1. The van der Waals surface area contributed by atoms with E-state index in [0.717, 1.165) is 17.5 Å². The maximum atomic E-state index is 11.9. The van der Waals surface area contributed by atoms with Gasteiger partial charge in [0.1, 0.15) is 23.3 Å². The number of urea groups is 1. The topological polar surface area (TPSA) is 107 Å². The summed E-state index contributed by atoms with van der Waals surface area (Å²) in [6, 6.07) is 10.0. The van der Waals surface area contributed by atoms with Crippen molar-refractivity contribution in [3.63, 3.8) is 0 Å². The summed E-state index contributed by atoms with van der Waals surface area (Å²) >= 11 is 0. The number of benzene rings is 2. The predicted molar refractivity (Wildman–Crippen MR) is 111 cm³/mol. The Morgan fingerprint density at radius 2 is 2.00 bits per heavy atom. The molecular formula is C22H22N4O3. The van der Waals surface area contributed by atoms with Crippen molar-refractivity contribution in [3.05, 3.63) is 53.2 Å². The number of nitrogens with zero attached hydrogens (tertiary/aromatic N) is 2. The van der Waals surface area contributed by atoms with Crippen LogP contribution in [0.15, 0.2) is 36.5 Å². The molecule has 3 aromatic rings. The van der Waals surface area contributed by atoms with Crippen molar-refractivity contribution in [3.8, 4) is 23.3 Å². The SMILES string of the molecule is CCCNC(=O)Nc1ccc(Oc2ccnc3cc(O)c(C#N)cc23)c(C)c1C. The summed E-state index contributed by atoms with van der Waals surface area (Å²) in [6.45, 7) is 6.43. The molecule has 0 spiro atoms. The van der Waals surface area contributed by atoms with E-state index in [0.29, 0.717) is 34.6 Å². The molecule has 0 aliphatic rings. The van der Waals surface area contributed by atoms with Crippen molar-refractivity contribution >= 4 is 22.6 Å². The molecule has 7 heteroatoms. The molecule has 148 valence electrons. The van der Waals surface area contributed by atoms with Crippen LogP contribution in [0.4, 0.5) is 10.5 Å². The summed E-state index contributed by atoms with van der Waals surface area (Å²) in [5.41, 5.74) is 3.16. The fraction of sp³-hybridized carbons (Fsp3) is 0.227. The normalized spacial score (nSPS) is 10.4. The van der Waals surface area contributed by atoms with Crippen LogP contribution in [0.5, 0.6) is 17.2 Å². The number of carbonyl (C=O) groups excluding carboxylic acids is 1. The zero-order chi connectivity index (χ0) is 21.0. The Morgan fingerprint density at radius 3 is 2.72 bits per heavy atom. The average molecular weight is 390 g/mol. The minimum absolute atomic E-state index is 0.117. The van der Waals surface area contributed by atoms with Crippen molar-refractivity contribution in [2.45, 2.75) is 27.2 Å². The molecule has 1 heterocycles. The number of carbonyl (C=O) groups is 1. The van der Waals surface area contributed by atoms with Crippen molar-refractivity contribution in [2.75, 3.05) is 11.9 Å². The van der Waals surface area contributed by atoms with Crippen LogP contribution < -0.4 is 15.4 Å². The van der Waals surface area contributed by atoms with Crippen LogP contribution in [-0.2, 0) is 0 Å². The van der Waals surface area contributed by atoms with Crippen LogP contribution in [0.25, 0.3) is 10.9 Å². The van der Waals surface area contributed by atoms with E-state index in [1.165, 1.54) is 6.07 Å². The first kappa shape index (κ1) is 20.0. The first-order valence-corrected chi connectivity index (χ1v) is 9.29. The van der Waals surface area contributed by atoms with Gasteiger partial charge in [-0.3, -0.25) is 4.98 Å². The fourth-order valence-corrected chi connectivity index (χ4v) is 2.90. The van der Waals surface area contributed by atoms with E-state index in [4.69, 9.17) is 4.74 Å². The third-order valence-electron chi connectivity index (χ3n) is 4.68. The Morgan fingerprint density at radius 1 is 1.21 bits per heavy atom. The zero-order valence-corrected chi connectivity index (χ0v) is 16.5. The first-order valence-electron chi connectivity index (χ1n) is 9.29. The van der Waals surface area contributed by atoms with Gasteiger partial charge in [-0.15, -0.1) is 0 Å². The highest BCUT2D eigenvalue weighted by Gasteiger charge is 2.13. The quantitative estimate of drug-likeness (QED) is 0.582. The Labute approximate surface area is 169 Å². The van der Waals surface area contributed by atoms with Crippen LogP contribution in [0.2, 0.25) is 0 Å². The van der Waals surface area contributed by atoms with Crippen molar-refractivity contribution in [2.24, 2.45) is 0 Å². The number of fused-ring (bicyclic) bond motifs is 1. The molecule has 0 saturated heterocycles. The molecule has 0 radical (unpaired) electrons. The van der Waals surface area contributed by atoms with Crippen molar-refractivity contribution < 1.29 is 14.6 Å². The largest absolute Gasteiger partial charge is 0.506 e. The Kier molecular flexibility index (Phi) is 5.84. The monoisotopic (exact) mass is 390 g/mol. The molecule has 0 aliphatic heterocycles. The summed E-state index contributed by atoms with van der Waals surface area (Å²) < 4.78 is 6.11. The second-order valence-electron chi connectivity index (χ2n) is 6.65. The Balaban J connectivity index is 1.92. The van der Waals surface area contributed by atoms with E-state index in [1.54, 1.807) is 30.5 Å². The molecule has 3 N–H and O–H groups in total. The lowest BCUT2D eigenvalue weighted by Gasteiger charge is -2.16. The molecule has 1 aromatic heterocycles. The summed E-state index contributed by atoms with van der Waals surface area (Å²) in [7, 11) is 0. The average Bonchev–Trinajstić information content (AvgIpc) is 2.71. The molecule has 0 bridgehead atoms. The number of amides is 2. The van der Waals surface area contributed by atoms with Gasteiger partial charge in [0.05, 0.1) is 11.1 Å². The maximum Gasteiger partial charge on any atom is 0.319 e. The second-order valence-corrected chi connectivity index (χ2v) is 6.65. The van der Waals surface area contributed by atoms with Gasteiger partial charge in [0, 0.05) is 29.9 Å². The van der Waals surface area contributed by atoms with Crippen LogP contribution in [0, 0.1) is 25.2 Å². The molecular weight excluding hydrogens is 368 g/mol. The third kappa shape index (κ3) is 4.22. The van der Waals surface area contributed by atoms with Gasteiger partial charge in [0.25, 0.3) is 0 Å². The van der Waals surface area contributed by atoms with Gasteiger partial charge in [0.2, 0.25) is 0 Å². The van der Waals surface area contributed by atoms with Crippen LogP contribution >= 0.6 is 0 Å². The maximum absolute atomic E-state index is 11.9. The van der Waals surface area contributed by atoms with Crippen molar-refractivity contribution in [1.82, 2.24) is 10.3 Å². The van der Waals surface area contributed by atoms with E-state index in [1.807, 2.05) is 26.8 Å². The number of hydrogen-bond donors (Lipinski definition) is 3. The van der Waals surface area contributed by atoms with Crippen molar-refractivity contribution in [1.29, 1.82) is 5.26 Å². The number of aromatic hydroxyl groups is 1. The number of nitrogens with one attached hydrogen (secondary N) is 2. The standard InChI is InChI=1S/C22H22N4O3/c1-4-8-25-22(28)26-17-5-6-20(14(3)13(17)2)29-21-7-9-24-18-11-19(27)15(12-23)10-16(18)21/h5-7,9-11,27H,4,8H2,1-3H3,(H2,25,26,28). The van der Waals surface area contributed by atoms with Gasteiger partial charge in [0.15, 0.2) is 0 Å². The molecule has 7 nitrogen and oxygen atoms in total. The second kappa shape index (κ2) is 8.48. The number of rotatable bonds is 5. The molecule has 2 aromatic carbocycles. The minimum atomic E-state index is -0.244. The summed E-state index contributed by atoms with van der Waals surface area (Å²) in [5.74, 6) is 1.03. The van der Waals surface area contributed by atoms with Crippen LogP contribution in [0.3, 0.4) is 0 Å². The van der Waals surface area contributed by atoms with Gasteiger partial charge in [-0.05, 0) is 55.7 Å². The van der Waals surface area contributed by atoms with Crippen LogP contribution in [-0.4, -0.2) is 22.7 Å². The molecule has 0 atom stereocenters. The lowest BCUT2D eigenvalue weighted by Crippen LogP contribution is -2.29. The number of anilines is 1. The lowest BCUT2D eigenvalue weighted by atomic mass is 10.1. The summed E-state index contributed by atoms with van der Waals surface area (Å²) in [5, 5.41) is 25.3. The lowest BCUT2D eigenvalue weighted by molar-refractivity contribution is 0.252. The molecule has 0 unspecified atom stereocenters.